The highest BCUT2D eigenvalue weighted by Crippen LogP contribution is 2.32. The number of benzene rings is 1. The maximum Gasteiger partial charge on any atom is 0.270 e. The van der Waals surface area contributed by atoms with Gasteiger partial charge in [0.1, 0.15) is 5.69 Å². The van der Waals surface area contributed by atoms with E-state index >= 15 is 0 Å². The Kier molecular flexibility index (Phi) is 4.60. The number of amides is 1. The molecule has 5 nitrogen and oxygen atoms in total. The number of carbonyl (C=O) groups excluding carboxylic acids is 1. The first-order valence-electron chi connectivity index (χ1n) is 8.80. The van der Waals surface area contributed by atoms with Crippen LogP contribution in [0.25, 0.3) is 0 Å². The number of pyridine rings is 2. The highest BCUT2D eigenvalue weighted by molar-refractivity contribution is 5.92. The number of fused-ring (bicyclic) bond motifs is 1. The SMILES string of the molecule is O=C(NCc1cccnc1)c1ccc(N2CCCc3ccccc32)cn1. The summed E-state index contributed by atoms with van der Waals surface area (Å²) in [6.07, 6.45) is 7.45. The minimum absolute atomic E-state index is 0.181. The van der Waals surface area contributed by atoms with Crippen molar-refractivity contribution in [1.82, 2.24) is 15.3 Å². The number of nitrogens with one attached hydrogen (secondary N) is 1. The molecule has 0 spiro atoms. The topological polar surface area (TPSA) is 58.1 Å². The first-order chi connectivity index (χ1) is 12.8. The van der Waals surface area contributed by atoms with E-state index in [1.165, 1.54) is 11.3 Å². The Bertz CT molecular complexity index is 893. The molecule has 3 aromatic rings. The van der Waals surface area contributed by atoms with Crippen molar-refractivity contribution in [2.75, 3.05) is 11.4 Å². The highest BCUT2D eigenvalue weighted by Gasteiger charge is 2.18. The fourth-order valence-corrected chi connectivity index (χ4v) is 3.26. The summed E-state index contributed by atoms with van der Waals surface area (Å²) in [4.78, 5) is 23.0. The second kappa shape index (κ2) is 7.35. The summed E-state index contributed by atoms with van der Waals surface area (Å²) in [5.41, 5.74) is 4.98. The summed E-state index contributed by atoms with van der Waals surface area (Å²) in [5.74, 6) is -0.181. The van der Waals surface area contributed by atoms with E-state index in [-0.39, 0.29) is 5.91 Å². The van der Waals surface area contributed by atoms with Crippen LogP contribution in [-0.2, 0) is 13.0 Å². The number of hydrogen-bond acceptors (Lipinski definition) is 4. The third kappa shape index (κ3) is 3.42. The molecule has 0 unspecified atom stereocenters. The molecule has 0 saturated heterocycles. The molecule has 3 heterocycles. The van der Waals surface area contributed by atoms with Crippen LogP contribution in [0.4, 0.5) is 11.4 Å². The number of aromatic nitrogens is 2. The van der Waals surface area contributed by atoms with E-state index in [1.807, 2.05) is 18.2 Å². The number of anilines is 2. The third-order valence-corrected chi connectivity index (χ3v) is 4.58. The van der Waals surface area contributed by atoms with Gasteiger partial charge in [-0.05, 0) is 48.2 Å². The molecule has 26 heavy (non-hydrogen) atoms. The third-order valence-electron chi connectivity index (χ3n) is 4.58. The molecule has 1 aliphatic heterocycles. The lowest BCUT2D eigenvalue weighted by atomic mass is 10.0. The molecule has 1 amide bonds. The second-order valence-electron chi connectivity index (χ2n) is 6.33. The van der Waals surface area contributed by atoms with Crippen LogP contribution in [0.5, 0.6) is 0 Å². The van der Waals surface area contributed by atoms with Crippen LogP contribution in [0.15, 0.2) is 67.1 Å². The molecule has 2 aromatic heterocycles. The van der Waals surface area contributed by atoms with Gasteiger partial charge in [-0.15, -0.1) is 0 Å². The monoisotopic (exact) mass is 344 g/mol. The van der Waals surface area contributed by atoms with Gasteiger partial charge in [-0.3, -0.25) is 9.78 Å². The molecule has 0 bridgehead atoms. The normalized spacial score (nSPS) is 13.2. The zero-order valence-corrected chi connectivity index (χ0v) is 14.4. The summed E-state index contributed by atoms with van der Waals surface area (Å²) in [5, 5.41) is 2.87. The van der Waals surface area contributed by atoms with Crippen molar-refractivity contribution < 1.29 is 4.79 Å². The first-order valence-corrected chi connectivity index (χ1v) is 8.80. The van der Waals surface area contributed by atoms with E-state index in [9.17, 15) is 4.79 Å². The van der Waals surface area contributed by atoms with Gasteiger partial charge in [0.25, 0.3) is 5.91 Å². The lowest BCUT2D eigenvalue weighted by molar-refractivity contribution is 0.0946. The molecule has 1 N–H and O–H groups in total. The summed E-state index contributed by atoms with van der Waals surface area (Å²) < 4.78 is 0. The van der Waals surface area contributed by atoms with Crippen LogP contribution in [0.3, 0.4) is 0 Å². The first kappa shape index (κ1) is 16.3. The van der Waals surface area contributed by atoms with Gasteiger partial charge >= 0.3 is 0 Å². The average Bonchev–Trinajstić information content (AvgIpc) is 2.72. The molecule has 1 aliphatic rings. The minimum atomic E-state index is -0.181. The van der Waals surface area contributed by atoms with Crippen LogP contribution < -0.4 is 10.2 Å². The predicted molar refractivity (Wildman–Crippen MR) is 101 cm³/mol. The van der Waals surface area contributed by atoms with Crippen LogP contribution in [0, 0.1) is 0 Å². The Labute approximate surface area is 152 Å². The molecular weight excluding hydrogens is 324 g/mol. The Balaban J connectivity index is 1.46. The molecule has 0 saturated carbocycles. The maximum absolute atomic E-state index is 12.3. The van der Waals surface area contributed by atoms with Gasteiger partial charge in [-0.25, -0.2) is 4.98 Å². The van der Waals surface area contributed by atoms with Crippen molar-refractivity contribution in [3.63, 3.8) is 0 Å². The fraction of sp³-hybridized carbons (Fsp3) is 0.190. The predicted octanol–water partition coefficient (Wildman–Crippen LogP) is 3.49. The van der Waals surface area contributed by atoms with E-state index in [0.717, 1.165) is 30.6 Å². The lowest BCUT2D eigenvalue weighted by Gasteiger charge is -2.31. The van der Waals surface area contributed by atoms with Crippen LogP contribution in [0.2, 0.25) is 0 Å². The van der Waals surface area contributed by atoms with Gasteiger partial charge in [-0.2, -0.15) is 0 Å². The smallest absolute Gasteiger partial charge is 0.270 e. The van der Waals surface area contributed by atoms with Crippen molar-refractivity contribution in [2.45, 2.75) is 19.4 Å². The number of nitrogens with zero attached hydrogens (tertiary/aromatic N) is 3. The van der Waals surface area contributed by atoms with Crippen LogP contribution in [-0.4, -0.2) is 22.4 Å². The van der Waals surface area contributed by atoms with Crippen LogP contribution >= 0.6 is 0 Å². The largest absolute Gasteiger partial charge is 0.347 e. The Hall–Kier alpha value is -3.21. The van der Waals surface area contributed by atoms with E-state index in [4.69, 9.17) is 0 Å². The minimum Gasteiger partial charge on any atom is -0.347 e. The number of carbonyl (C=O) groups is 1. The molecule has 0 fully saturated rings. The Morgan fingerprint density at radius 1 is 1.08 bits per heavy atom. The van der Waals surface area contributed by atoms with E-state index < -0.39 is 0 Å². The summed E-state index contributed by atoms with van der Waals surface area (Å²) in [6.45, 7) is 1.40. The molecule has 5 heteroatoms. The maximum atomic E-state index is 12.3. The number of rotatable bonds is 4. The molecule has 1 aromatic carbocycles. The van der Waals surface area contributed by atoms with Crippen molar-refractivity contribution in [3.05, 3.63) is 83.9 Å². The van der Waals surface area contributed by atoms with Crippen molar-refractivity contribution in [1.29, 1.82) is 0 Å². The highest BCUT2D eigenvalue weighted by atomic mass is 16.1. The summed E-state index contributed by atoms with van der Waals surface area (Å²) >= 11 is 0. The van der Waals surface area contributed by atoms with Crippen LogP contribution in [0.1, 0.15) is 28.0 Å². The molecule has 0 aliphatic carbocycles. The van der Waals surface area contributed by atoms with Gasteiger partial charge in [-0.1, -0.05) is 24.3 Å². The zero-order valence-electron chi connectivity index (χ0n) is 14.4. The quantitative estimate of drug-likeness (QED) is 0.787. The van der Waals surface area contributed by atoms with Gasteiger partial charge in [0.05, 0.1) is 11.9 Å². The molecule has 130 valence electrons. The van der Waals surface area contributed by atoms with E-state index in [1.54, 1.807) is 24.7 Å². The van der Waals surface area contributed by atoms with E-state index in [0.29, 0.717) is 12.2 Å². The van der Waals surface area contributed by atoms with Gasteiger partial charge < -0.3 is 10.2 Å². The van der Waals surface area contributed by atoms with Crippen molar-refractivity contribution in [3.8, 4) is 0 Å². The molecule has 0 radical (unpaired) electrons. The van der Waals surface area contributed by atoms with E-state index in [2.05, 4.69) is 44.5 Å². The zero-order chi connectivity index (χ0) is 17.8. The standard InChI is InChI=1S/C21H20N4O/c26-21(24-14-16-5-3-11-22-13-16)19-10-9-18(15-23-19)25-12-4-7-17-6-1-2-8-20(17)25/h1-3,5-6,8-11,13,15H,4,7,12,14H2,(H,24,26). The Morgan fingerprint density at radius 2 is 2.00 bits per heavy atom. The fourth-order valence-electron chi connectivity index (χ4n) is 3.26. The summed E-state index contributed by atoms with van der Waals surface area (Å²) in [6, 6.07) is 16.0. The average molecular weight is 344 g/mol. The van der Waals surface area contributed by atoms with Gasteiger partial charge in [0.2, 0.25) is 0 Å². The number of hydrogen-bond donors (Lipinski definition) is 1. The molecule has 4 rings (SSSR count). The summed E-state index contributed by atoms with van der Waals surface area (Å²) in [7, 11) is 0. The van der Waals surface area contributed by atoms with Gasteiger partial charge in [0, 0.05) is 31.2 Å². The second-order valence-corrected chi connectivity index (χ2v) is 6.33. The number of para-hydroxylation sites is 1. The molecular formula is C21H20N4O. The van der Waals surface area contributed by atoms with Crippen molar-refractivity contribution in [2.24, 2.45) is 0 Å². The van der Waals surface area contributed by atoms with Crippen molar-refractivity contribution >= 4 is 17.3 Å². The number of aryl methyl sites for hydroxylation is 1. The Morgan fingerprint density at radius 3 is 2.81 bits per heavy atom. The van der Waals surface area contributed by atoms with Gasteiger partial charge in [0.15, 0.2) is 0 Å². The molecule has 0 atom stereocenters. The lowest BCUT2D eigenvalue weighted by Crippen LogP contribution is -2.26.